The topological polar surface area (TPSA) is 79.1 Å². The Hall–Kier alpha value is -4.95. The lowest BCUT2D eigenvalue weighted by Gasteiger charge is -2.24. The smallest absolute Gasteiger partial charge is 0.338 e. The van der Waals surface area contributed by atoms with Gasteiger partial charge in [0.15, 0.2) is 4.80 Å². The van der Waals surface area contributed by atoms with Crippen molar-refractivity contribution in [3.05, 3.63) is 139 Å². The van der Waals surface area contributed by atoms with E-state index in [0.29, 0.717) is 33.0 Å². The molecule has 5 aromatic rings. The first-order valence-corrected chi connectivity index (χ1v) is 14.8. The van der Waals surface area contributed by atoms with Crippen LogP contribution < -0.4 is 24.4 Å². The van der Waals surface area contributed by atoms with Crippen LogP contribution in [0.4, 0.5) is 0 Å². The number of rotatable bonds is 8. The number of aromatic nitrogens is 1. The number of allylic oxidation sites excluding steroid dienone is 1. The molecule has 2 heterocycles. The molecule has 216 valence electrons. The molecule has 0 saturated carbocycles. The summed E-state index contributed by atoms with van der Waals surface area (Å²) in [6, 6.07) is 28.8. The minimum atomic E-state index is -0.673. The van der Waals surface area contributed by atoms with Crippen LogP contribution in [0.3, 0.4) is 0 Å². The van der Waals surface area contributed by atoms with Gasteiger partial charge in [-0.2, -0.15) is 0 Å². The summed E-state index contributed by atoms with van der Waals surface area (Å²) in [6.07, 6.45) is 1.84. The molecule has 0 saturated heterocycles. The number of thiazole rings is 1. The summed E-state index contributed by atoms with van der Waals surface area (Å²) in [6.45, 7) is 4.20. The van der Waals surface area contributed by atoms with Gasteiger partial charge in [-0.05, 0) is 71.7 Å². The Labute approximate surface area is 252 Å². The van der Waals surface area contributed by atoms with Crippen LogP contribution in [0.15, 0.2) is 112 Å². The number of esters is 1. The zero-order chi connectivity index (χ0) is 29.9. The van der Waals surface area contributed by atoms with Gasteiger partial charge in [-0.25, -0.2) is 9.79 Å². The van der Waals surface area contributed by atoms with Gasteiger partial charge in [0.2, 0.25) is 0 Å². The number of ether oxygens (including phenoxy) is 3. The van der Waals surface area contributed by atoms with Gasteiger partial charge < -0.3 is 14.2 Å². The van der Waals surface area contributed by atoms with E-state index in [2.05, 4.69) is 29.3 Å². The number of carbonyl (C=O) groups excluding carboxylic acids is 1. The first kappa shape index (κ1) is 28.2. The van der Waals surface area contributed by atoms with Gasteiger partial charge in [-0.3, -0.25) is 9.36 Å². The van der Waals surface area contributed by atoms with Crippen molar-refractivity contribution in [1.82, 2.24) is 4.57 Å². The first-order valence-electron chi connectivity index (χ1n) is 14.0. The second kappa shape index (κ2) is 12.1. The Morgan fingerprint density at radius 2 is 1.67 bits per heavy atom. The van der Waals surface area contributed by atoms with Crippen LogP contribution in [0.1, 0.15) is 36.6 Å². The fourth-order valence-corrected chi connectivity index (χ4v) is 6.33. The number of methoxy groups -OCH3 is 1. The molecule has 6 rings (SSSR count). The number of benzene rings is 4. The number of hydrogen-bond acceptors (Lipinski definition) is 7. The van der Waals surface area contributed by atoms with E-state index in [-0.39, 0.29) is 12.2 Å². The molecular formula is C35H30N2O5S. The van der Waals surface area contributed by atoms with E-state index < -0.39 is 12.0 Å². The van der Waals surface area contributed by atoms with E-state index >= 15 is 0 Å². The average Bonchev–Trinajstić information content (AvgIpc) is 3.33. The van der Waals surface area contributed by atoms with Gasteiger partial charge in [0, 0.05) is 0 Å². The summed E-state index contributed by atoms with van der Waals surface area (Å²) in [5.41, 5.74) is 3.38. The quantitative estimate of drug-likeness (QED) is 0.222. The van der Waals surface area contributed by atoms with Gasteiger partial charge in [-0.1, -0.05) is 78.1 Å². The van der Waals surface area contributed by atoms with Gasteiger partial charge in [0.1, 0.15) is 18.1 Å². The molecule has 0 radical (unpaired) electrons. The van der Waals surface area contributed by atoms with Crippen molar-refractivity contribution in [2.45, 2.75) is 26.5 Å². The number of hydrogen-bond donors (Lipinski definition) is 0. The fraction of sp³-hybridized carbons (Fsp3) is 0.171. The standard InChI is InChI=1S/C35H30N2O5S/c1-4-41-34(39)31-22(2)36-35-37(32(31)25-14-18-27(40-3)19-15-25)33(38)30(43-35)20-23-12-16-28(17-13-23)42-21-26-10-7-9-24-8-5-6-11-29(24)26/h5-20,32H,4,21H2,1-3H3/b30-20+/t32-/m0/s1. The van der Waals surface area contributed by atoms with E-state index in [1.165, 1.54) is 22.1 Å². The summed E-state index contributed by atoms with van der Waals surface area (Å²) in [7, 11) is 1.59. The lowest BCUT2D eigenvalue weighted by molar-refractivity contribution is -0.139. The highest BCUT2D eigenvalue weighted by molar-refractivity contribution is 7.07. The van der Waals surface area contributed by atoms with Crippen LogP contribution in [0.25, 0.3) is 16.8 Å². The summed E-state index contributed by atoms with van der Waals surface area (Å²) in [4.78, 5) is 32.1. The van der Waals surface area contributed by atoms with Crippen LogP contribution in [0, 0.1) is 0 Å². The van der Waals surface area contributed by atoms with Gasteiger partial charge in [-0.15, -0.1) is 0 Å². The average molecular weight is 591 g/mol. The molecule has 1 aromatic heterocycles. The number of carbonyl (C=O) groups is 1. The molecule has 1 aliphatic heterocycles. The van der Waals surface area contributed by atoms with Crippen molar-refractivity contribution in [3.8, 4) is 11.5 Å². The van der Waals surface area contributed by atoms with E-state index in [9.17, 15) is 9.59 Å². The summed E-state index contributed by atoms with van der Waals surface area (Å²) < 4.78 is 18.9. The Morgan fingerprint density at radius 1 is 0.953 bits per heavy atom. The Balaban J connectivity index is 1.31. The van der Waals surface area contributed by atoms with E-state index in [4.69, 9.17) is 14.2 Å². The Kier molecular flexibility index (Phi) is 7.94. The molecule has 1 atom stereocenters. The number of fused-ring (bicyclic) bond motifs is 2. The van der Waals surface area contributed by atoms with Crippen LogP contribution in [-0.4, -0.2) is 24.3 Å². The highest BCUT2D eigenvalue weighted by atomic mass is 32.1. The van der Waals surface area contributed by atoms with Crippen molar-refractivity contribution in [1.29, 1.82) is 0 Å². The SMILES string of the molecule is CCOC(=O)C1=C(C)N=c2s/c(=C/c3ccc(OCc4cccc5ccccc45)cc3)c(=O)n2[C@H]1c1ccc(OC)cc1. The molecule has 4 aromatic carbocycles. The van der Waals surface area contributed by atoms with Crippen LogP contribution >= 0.6 is 11.3 Å². The highest BCUT2D eigenvalue weighted by Gasteiger charge is 2.33. The van der Waals surface area contributed by atoms with Crippen LogP contribution in [0.2, 0.25) is 0 Å². The minimum absolute atomic E-state index is 0.219. The second-order valence-electron chi connectivity index (χ2n) is 10.1. The molecule has 0 amide bonds. The summed E-state index contributed by atoms with van der Waals surface area (Å²) in [5, 5.41) is 2.35. The van der Waals surface area contributed by atoms with Crippen molar-refractivity contribution >= 4 is 34.2 Å². The molecule has 0 aliphatic carbocycles. The van der Waals surface area contributed by atoms with Crippen molar-refractivity contribution in [2.75, 3.05) is 13.7 Å². The molecule has 0 N–H and O–H groups in total. The van der Waals surface area contributed by atoms with Crippen LogP contribution in [0.5, 0.6) is 11.5 Å². The first-order chi connectivity index (χ1) is 21.0. The maximum absolute atomic E-state index is 13.8. The van der Waals surface area contributed by atoms with Crippen molar-refractivity contribution < 1.29 is 19.0 Å². The second-order valence-corrected chi connectivity index (χ2v) is 11.1. The lowest BCUT2D eigenvalue weighted by Crippen LogP contribution is -2.39. The zero-order valence-electron chi connectivity index (χ0n) is 24.1. The third-order valence-corrected chi connectivity index (χ3v) is 8.38. The Bertz CT molecular complexity index is 2020. The van der Waals surface area contributed by atoms with Gasteiger partial charge >= 0.3 is 5.97 Å². The molecule has 43 heavy (non-hydrogen) atoms. The van der Waals surface area contributed by atoms with Gasteiger partial charge in [0.25, 0.3) is 5.56 Å². The molecule has 8 heteroatoms. The molecule has 0 unspecified atom stereocenters. The van der Waals surface area contributed by atoms with Crippen molar-refractivity contribution in [3.63, 3.8) is 0 Å². The van der Waals surface area contributed by atoms with Crippen LogP contribution in [-0.2, 0) is 16.1 Å². The zero-order valence-corrected chi connectivity index (χ0v) is 24.9. The summed E-state index contributed by atoms with van der Waals surface area (Å²) in [5.74, 6) is 0.929. The molecule has 7 nitrogen and oxygen atoms in total. The lowest BCUT2D eigenvalue weighted by atomic mass is 9.96. The highest BCUT2D eigenvalue weighted by Crippen LogP contribution is 2.31. The molecular weight excluding hydrogens is 560 g/mol. The molecule has 0 fully saturated rings. The van der Waals surface area contributed by atoms with Gasteiger partial charge in [0.05, 0.1) is 35.6 Å². The third kappa shape index (κ3) is 5.61. The van der Waals surface area contributed by atoms with E-state index in [1.807, 2.05) is 72.8 Å². The maximum Gasteiger partial charge on any atom is 0.338 e. The summed E-state index contributed by atoms with van der Waals surface area (Å²) >= 11 is 1.29. The normalized spacial score (nSPS) is 14.8. The predicted octanol–water partition coefficient (Wildman–Crippen LogP) is 5.54. The third-order valence-electron chi connectivity index (χ3n) is 7.40. The maximum atomic E-state index is 13.8. The molecule has 0 bridgehead atoms. The monoisotopic (exact) mass is 590 g/mol. The van der Waals surface area contributed by atoms with Crippen molar-refractivity contribution in [2.24, 2.45) is 4.99 Å². The molecule has 1 aliphatic rings. The number of nitrogens with zero attached hydrogens (tertiary/aromatic N) is 2. The predicted molar refractivity (Wildman–Crippen MR) is 168 cm³/mol. The largest absolute Gasteiger partial charge is 0.497 e. The molecule has 0 spiro atoms. The Morgan fingerprint density at radius 3 is 2.42 bits per heavy atom. The minimum Gasteiger partial charge on any atom is -0.497 e. The fourth-order valence-electron chi connectivity index (χ4n) is 5.28. The van der Waals surface area contributed by atoms with E-state index in [1.54, 1.807) is 25.5 Å². The van der Waals surface area contributed by atoms with E-state index in [0.717, 1.165) is 22.4 Å².